The third-order valence-electron chi connectivity index (χ3n) is 4.33. The van der Waals surface area contributed by atoms with Crippen LogP contribution in [0.4, 0.5) is 4.79 Å². The van der Waals surface area contributed by atoms with E-state index in [0.29, 0.717) is 4.88 Å². The Kier molecular flexibility index (Phi) is 8.36. The van der Waals surface area contributed by atoms with Gasteiger partial charge in [0.1, 0.15) is 0 Å². The molecule has 1 aromatic heterocycles. The Labute approximate surface area is 200 Å². The molecule has 3 rings (SSSR count). The summed E-state index contributed by atoms with van der Waals surface area (Å²) in [6.45, 7) is 0. The molecule has 0 saturated carbocycles. The molecule has 30 heavy (non-hydrogen) atoms. The quantitative estimate of drug-likeness (QED) is 0.407. The van der Waals surface area contributed by atoms with Gasteiger partial charge in [-0.1, -0.05) is 30.3 Å². The molecule has 1 aliphatic rings. The third kappa shape index (κ3) is 5.79. The molecule has 152 valence electrons. The first-order valence-corrected chi connectivity index (χ1v) is 9.59. The number of thiophene rings is 1. The summed E-state index contributed by atoms with van der Waals surface area (Å²) in [5, 5.41) is 14.1. The van der Waals surface area contributed by atoms with Crippen LogP contribution in [0.2, 0.25) is 0 Å². The zero-order valence-electron chi connectivity index (χ0n) is 17.5. The van der Waals surface area contributed by atoms with Gasteiger partial charge in [0.2, 0.25) is 0 Å². The predicted molar refractivity (Wildman–Crippen MR) is 108 cm³/mol. The molecule has 2 atom stereocenters. The number of rotatable bonds is 6. The zero-order chi connectivity index (χ0) is 21.0. The average Bonchev–Trinajstić information content (AvgIpc) is 3.18. The number of aliphatic carboxylic acids is 1. The van der Waals surface area contributed by atoms with Crippen LogP contribution in [0.1, 0.15) is 18.8 Å². The van der Waals surface area contributed by atoms with Gasteiger partial charge >= 0.3 is 41.6 Å². The molecule has 0 saturated heterocycles. The van der Waals surface area contributed by atoms with Crippen molar-refractivity contribution >= 4 is 35.0 Å². The summed E-state index contributed by atoms with van der Waals surface area (Å²) < 4.78 is 0. The van der Waals surface area contributed by atoms with Crippen LogP contribution in [0.25, 0.3) is 10.4 Å². The second-order valence-corrected chi connectivity index (χ2v) is 7.55. The first-order chi connectivity index (χ1) is 13.8. The van der Waals surface area contributed by atoms with Crippen molar-refractivity contribution in [1.82, 2.24) is 15.5 Å². The molecule has 0 bridgehead atoms. The number of nitrogens with zero attached hydrogens (tertiary/aromatic N) is 1. The molecule has 1 aliphatic heterocycles. The number of ketones is 1. The van der Waals surface area contributed by atoms with Crippen molar-refractivity contribution < 1.29 is 55.3 Å². The minimum atomic E-state index is -1.33. The monoisotopic (exact) mass is 437 g/mol. The van der Waals surface area contributed by atoms with Gasteiger partial charge in [-0.05, 0) is 17.7 Å². The average molecular weight is 437 g/mol. The van der Waals surface area contributed by atoms with Gasteiger partial charge in [0, 0.05) is 29.1 Å². The van der Waals surface area contributed by atoms with Crippen molar-refractivity contribution in [3.05, 3.63) is 59.6 Å². The van der Waals surface area contributed by atoms with E-state index >= 15 is 0 Å². The van der Waals surface area contributed by atoms with Crippen LogP contribution < -0.4 is 40.2 Å². The summed E-state index contributed by atoms with van der Waals surface area (Å²) in [6.07, 6.45) is 2.19. The Morgan fingerprint density at radius 1 is 1.20 bits per heavy atom. The number of carbonyl (C=O) groups is 4. The van der Waals surface area contributed by atoms with E-state index in [1.54, 1.807) is 6.07 Å². The van der Waals surface area contributed by atoms with E-state index < -0.39 is 35.8 Å². The van der Waals surface area contributed by atoms with Crippen molar-refractivity contribution in [1.29, 1.82) is 0 Å². The Bertz CT molecular complexity index is 982. The molecule has 3 N–H and O–H groups in total. The molecule has 0 aliphatic carbocycles. The van der Waals surface area contributed by atoms with E-state index in [4.69, 9.17) is 0 Å². The fourth-order valence-electron chi connectivity index (χ4n) is 2.84. The molecule has 1 aromatic carbocycles. The number of carboxylic acids is 1. The SMILES string of the molecule is CN1C=CC(=O)C(NC(=O)NC(CC(=O)O)c2ccc(-c3ccccc3)s2)C1=O.[H-].[Na+]. The fourth-order valence-corrected chi connectivity index (χ4v) is 3.90. The summed E-state index contributed by atoms with van der Waals surface area (Å²) in [7, 11) is 1.47. The summed E-state index contributed by atoms with van der Waals surface area (Å²) in [5.41, 5.74) is 0.982. The van der Waals surface area contributed by atoms with Crippen molar-refractivity contribution in [3.63, 3.8) is 0 Å². The number of benzene rings is 1. The van der Waals surface area contributed by atoms with Crippen LogP contribution in [0.15, 0.2) is 54.7 Å². The standard InChI is InChI=1S/C20H19N3O5S.Na.H/c1-23-10-9-14(24)18(19(23)27)22-20(28)21-13(11-17(25)26)16-8-7-15(29-16)12-5-3-2-4-6-12;;/h2-10,13,18H,11H2,1H3,(H,25,26)(H2,21,22,28);;/q;+1;-1. The number of nitrogens with one attached hydrogen (secondary N) is 2. The molecular weight excluding hydrogens is 417 g/mol. The van der Waals surface area contributed by atoms with Crippen LogP contribution in [-0.4, -0.2) is 46.8 Å². The fraction of sp³-hybridized carbons (Fsp3) is 0.200. The number of amides is 3. The van der Waals surface area contributed by atoms with Gasteiger partial charge in [-0.25, -0.2) is 4.79 Å². The molecule has 2 heterocycles. The number of hydrogen-bond donors (Lipinski definition) is 3. The largest absolute Gasteiger partial charge is 1.00 e. The van der Waals surface area contributed by atoms with E-state index in [1.807, 2.05) is 36.4 Å². The summed E-state index contributed by atoms with van der Waals surface area (Å²) in [5.74, 6) is -2.19. The maximum Gasteiger partial charge on any atom is 1.00 e. The summed E-state index contributed by atoms with van der Waals surface area (Å²) in [6, 6.07) is 10.3. The third-order valence-corrected chi connectivity index (χ3v) is 5.58. The second kappa shape index (κ2) is 10.5. The zero-order valence-corrected chi connectivity index (χ0v) is 19.3. The Balaban J connectivity index is 0.00000240. The van der Waals surface area contributed by atoms with Gasteiger partial charge in [0.15, 0.2) is 11.8 Å². The van der Waals surface area contributed by atoms with Gasteiger partial charge in [0.05, 0.1) is 12.5 Å². The number of carbonyl (C=O) groups excluding carboxylic acids is 3. The van der Waals surface area contributed by atoms with Crippen LogP contribution >= 0.6 is 11.3 Å². The molecule has 0 radical (unpaired) electrons. The Morgan fingerprint density at radius 2 is 1.90 bits per heavy atom. The van der Waals surface area contributed by atoms with Gasteiger partial charge in [-0.3, -0.25) is 14.4 Å². The normalized spacial score (nSPS) is 16.6. The Hall–Kier alpha value is -2.46. The van der Waals surface area contributed by atoms with Crippen LogP contribution in [-0.2, 0) is 14.4 Å². The van der Waals surface area contributed by atoms with E-state index in [0.717, 1.165) is 10.4 Å². The minimum absolute atomic E-state index is 0. The number of carboxylic acid groups (broad SMARTS) is 1. The molecule has 0 spiro atoms. The summed E-state index contributed by atoms with van der Waals surface area (Å²) >= 11 is 1.37. The van der Waals surface area contributed by atoms with Crippen molar-refractivity contribution in [3.8, 4) is 10.4 Å². The van der Waals surface area contributed by atoms with E-state index in [1.165, 1.54) is 35.6 Å². The number of urea groups is 1. The molecule has 3 amide bonds. The predicted octanol–water partition coefficient (Wildman–Crippen LogP) is -0.730. The van der Waals surface area contributed by atoms with Crippen molar-refractivity contribution in [2.24, 2.45) is 0 Å². The first kappa shape index (κ1) is 23.8. The molecule has 2 unspecified atom stereocenters. The van der Waals surface area contributed by atoms with Gasteiger partial charge < -0.3 is 22.1 Å². The molecular formula is C20H20N3NaO5S. The molecule has 2 aromatic rings. The summed E-state index contributed by atoms with van der Waals surface area (Å²) in [4.78, 5) is 50.5. The van der Waals surface area contributed by atoms with Crippen molar-refractivity contribution in [2.45, 2.75) is 18.5 Å². The second-order valence-electron chi connectivity index (χ2n) is 6.44. The molecule has 8 nitrogen and oxygen atoms in total. The van der Waals surface area contributed by atoms with Gasteiger partial charge in [0.25, 0.3) is 5.91 Å². The maximum absolute atomic E-state index is 12.4. The Morgan fingerprint density at radius 3 is 2.57 bits per heavy atom. The van der Waals surface area contributed by atoms with E-state index in [-0.39, 0.29) is 37.4 Å². The van der Waals surface area contributed by atoms with E-state index in [9.17, 15) is 24.3 Å². The van der Waals surface area contributed by atoms with Crippen LogP contribution in [0.5, 0.6) is 0 Å². The van der Waals surface area contributed by atoms with Crippen LogP contribution in [0.3, 0.4) is 0 Å². The van der Waals surface area contributed by atoms with E-state index in [2.05, 4.69) is 10.6 Å². The topological polar surface area (TPSA) is 116 Å². The molecule has 0 fully saturated rings. The smallest absolute Gasteiger partial charge is 1.00 e. The molecule has 10 heteroatoms. The maximum atomic E-state index is 12.4. The first-order valence-electron chi connectivity index (χ1n) is 8.78. The van der Waals surface area contributed by atoms with Gasteiger partial charge in [-0.2, -0.15) is 0 Å². The minimum Gasteiger partial charge on any atom is -1.00 e. The van der Waals surface area contributed by atoms with Gasteiger partial charge in [-0.15, -0.1) is 11.3 Å². The number of hydrogen-bond acceptors (Lipinski definition) is 5. The van der Waals surface area contributed by atoms with Crippen LogP contribution in [0, 0.1) is 0 Å². The van der Waals surface area contributed by atoms with Crippen molar-refractivity contribution in [2.75, 3.05) is 7.05 Å². The number of likely N-dealkylation sites (N-methyl/N-ethyl adjacent to an activating group) is 1.